The van der Waals surface area contributed by atoms with Crippen LogP contribution >= 0.6 is 0 Å². The fourth-order valence-electron chi connectivity index (χ4n) is 2.11. The van der Waals surface area contributed by atoms with E-state index in [4.69, 9.17) is 15.2 Å². The quantitative estimate of drug-likeness (QED) is 0.547. The number of nitrogens with one attached hydrogen (secondary N) is 1. The zero-order valence-electron chi connectivity index (χ0n) is 15.2. The van der Waals surface area contributed by atoms with Gasteiger partial charge in [0.15, 0.2) is 0 Å². The van der Waals surface area contributed by atoms with Crippen molar-refractivity contribution in [1.82, 2.24) is 5.32 Å². The zero-order chi connectivity index (χ0) is 17.1. The third kappa shape index (κ3) is 12.0. The summed E-state index contributed by atoms with van der Waals surface area (Å²) in [6.45, 7) is 14.2. The van der Waals surface area contributed by atoms with Gasteiger partial charge in [0.25, 0.3) is 0 Å². The molecule has 0 radical (unpaired) electrons. The second-order valence-electron chi connectivity index (χ2n) is 7.45. The van der Waals surface area contributed by atoms with Crippen LogP contribution in [0.4, 0.5) is 0 Å². The van der Waals surface area contributed by atoms with Gasteiger partial charge in [0.2, 0.25) is 5.91 Å². The van der Waals surface area contributed by atoms with Gasteiger partial charge < -0.3 is 20.5 Å². The molecule has 132 valence electrons. The molecule has 0 saturated carbocycles. The molecule has 0 heterocycles. The number of hydrogen-bond acceptors (Lipinski definition) is 4. The third-order valence-corrected chi connectivity index (χ3v) is 3.60. The van der Waals surface area contributed by atoms with Crippen LogP contribution in [-0.4, -0.2) is 45.4 Å². The Morgan fingerprint density at radius 2 is 1.64 bits per heavy atom. The van der Waals surface area contributed by atoms with Gasteiger partial charge >= 0.3 is 0 Å². The maximum atomic E-state index is 11.5. The van der Waals surface area contributed by atoms with Crippen molar-refractivity contribution >= 4 is 5.91 Å². The summed E-state index contributed by atoms with van der Waals surface area (Å²) < 4.78 is 11.0. The minimum Gasteiger partial charge on any atom is -0.380 e. The maximum Gasteiger partial charge on any atom is 0.245 e. The van der Waals surface area contributed by atoms with Gasteiger partial charge in [-0.1, -0.05) is 27.7 Å². The van der Waals surface area contributed by atoms with E-state index in [0.29, 0.717) is 19.8 Å². The predicted octanol–water partition coefficient (Wildman–Crippen LogP) is 2.34. The number of carbonyl (C=O) groups is 1. The van der Waals surface area contributed by atoms with Crippen LogP contribution in [0.5, 0.6) is 0 Å². The Balaban J connectivity index is 3.87. The molecule has 5 heteroatoms. The van der Waals surface area contributed by atoms with Crippen LogP contribution in [0.3, 0.4) is 0 Å². The van der Waals surface area contributed by atoms with Crippen molar-refractivity contribution in [3.63, 3.8) is 0 Å². The molecule has 0 bridgehead atoms. The first-order valence-corrected chi connectivity index (χ1v) is 8.35. The lowest BCUT2D eigenvalue weighted by Gasteiger charge is -2.29. The van der Waals surface area contributed by atoms with E-state index in [2.05, 4.69) is 33.0 Å². The highest BCUT2D eigenvalue weighted by molar-refractivity contribution is 5.77. The Morgan fingerprint density at radius 3 is 2.18 bits per heavy atom. The summed E-state index contributed by atoms with van der Waals surface area (Å²) in [4.78, 5) is 11.5. The predicted molar refractivity (Wildman–Crippen MR) is 90.8 cm³/mol. The first-order chi connectivity index (χ1) is 10.2. The molecule has 3 N–H and O–H groups in total. The summed E-state index contributed by atoms with van der Waals surface area (Å²) in [5.41, 5.74) is 5.77. The largest absolute Gasteiger partial charge is 0.380 e. The van der Waals surface area contributed by atoms with E-state index in [1.165, 1.54) is 0 Å². The zero-order valence-corrected chi connectivity index (χ0v) is 15.2. The van der Waals surface area contributed by atoms with Crippen molar-refractivity contribution < 1.29 is 14.3 Å². The Labute approximate surface area is 136 Å². The summed E-state index contributed by atoms with van der Waals surface area (Å²) in [7, 11) is 0. The lowest BCUT2D eigenvalue weighted by molar-refractivity contribution is -0.125. The highest BCUT2D eigenvalue weighted by Crippen LogP contribution is 2.25. The first kappa shape index (κ1) is 21.4. The molecule has 0 fully saturated rings. The van der Waals surface area contributed by atoms with Crippen molar-refractivity contribution in [3.05, 3.63) is 0 Å². The van der Waals surface area contributed by atoms with Crippen molar-refractivity contribution in [2.45, 2.75) is 53.9 Å². The molecule has 0 aromatic rings. The second-order valence-corrected chi connectivity index (χ2v) is 7.45. The van der Waals surface area contributed by atoms with Gasteiger partial charge in [0.05, 0.1) is 13.2 Å². The van der Waals surface area contributed by atoms with Crippen LogP contribution in [0.2, 0.25) is 0 Å². The van der Waals surface area contributed by atoms with Crippen molar-refractivity contribution in [1.29, 1.82) is 0 Å². The summed E-state index contributed by atoms with van der Waals surface area (Å²) >= 11 is 0. The Hall–Kier alpha value is -0.650. The number of nitrogens with two attached hydrogens (primary N) is 1. The van der Waals surface area contributed by atoms with E-state index < -0.39 is 0 Å². The fraction of sp³-hybridized carbons (Fsp3) is 0.941. The Bertz CT molecular complexity index is 304. The van der Waals surface area contributed by atoms with E-state index in [0.717, 1.165) is 32.4 Å². The molecule has 0 aliphatic heterocycles. The van der Waals surface area contributed by atoms with Crippen molar-refractivity contribution in [3.8, 4) is 0 Å². The number of amides is 1. The van der Waals surface area contributed by atoms with Crippen molar-refractivity contribution in [2.75, 3.05) is 39.5 Å². The molecule has 0 atom stereocenters. The van der Waals surface area contributed by atoms with Gasteiger partial charge in [0.1, 0.15) is 6.61 Å². The number of rotatable bonds is 13. The number of ether oxygens (including phenoxy) is 2. The molecular weight excluding hydrogens is 280 g/mol. The SMILES string of the molecule is CCOCC(=O)NCCC(C)(C)COCC(C)(C)CCCN. The topological polar surface area (TPSA) is 73.6 Å². The minimum atomic E-state index is -0.0542. The molecule has 1 amide bonds. The molecule has 0 aromatic carbocycles. The molecule has 0 aliphatic carbocycles. The molecular formula is C17H36N2O3. The highest BCUT2D eigenvalue weighted by atomic mass is 16.5. The van der Waals surface area contributed by atoms with Gasteiger partial charge in [-0.2, -0.15) is 0 Å². The van der Waals surface area contributed by atoms with E-state index in [1.807, 2.05) is 6.92 Å². The van der Waals surface area contributed by atoms with Crippen LogP contribution < -0.4 is 11.1 Å². The van der Waals surface area contributed by atoms with E-state index in [-0.39, 0.29) is 23.3 Å². The van der Waals surface area contributed by atoms with Gasteiger partial charge in [-0.3, -0.25) is 4.79 Å². The molecule has 0 aliphatic rings. The third-order valence-electron chi connectivity index (χ3n) is 3.60. The van der Waals surface area contributed by atoms with Gasteiger partial charge in [0, 0.05) is 13.2 Å². The summed E-state index contributed by atoms with van der Waals surface area (Å²) in [5, 5.41) is 2.87. The maximum absolute atomic E-state index is 11.5. The smallest absolute Gasteiger partial charge is 0.245 e. The molecule has 0 rings (SSSR count). The highest BCUT2D eigenvalue weighted by Gasteiger charge is 2.22. The van der Waals surface area contributed by atoms with Crippen LogP contribution in [0.15, 0.2) is 0 Å². The summed E-state index contributed by atoms with van der Waals surface area (Å²) in [6, 6.07) is 0. The summed E-state index contributed by atoms with van der Waals surface area (Å²) in [5.74, 6) is -0.0542. The van der Waals surface area contributed by atoms with E-state index in [1.54, 1.807) is 0 Å². The second kappa shape index (κ2) is 11.0. The molecule has 0 aromatic heterocycles. The van der Waals surface area contributed by atoms with Gasteiger partial charge in [-0.25, -0.2) is 0 Å². The van der Waals surface area contributed by atoms with E-state index >= 15 is 0 Å². The van der Waals surface area contributed by atoms with Gasteiger partial charge in [-0.05, 0) is 43.6 Å². The lowest BCUT2D eigenvalue weighted by Crippen LogP contribution is -2.33. The standard InChI is InChI=1S/C17H36N2O3/c1-6-21-12-15(20)19-11-9-17(4,5)14-22-13-16(2,3)8-7-10-18/h6-14,18H2,1-5H3,(H,19,20). The molecule has 5 nitrogen and oxygen atoms in total. The monoisotopic (exact) mass is 316 g/mol. The number of carbonyl (C=O) groups excluding carboxylic acids is 1. The van der Waals surface area contributed by atoms with Crippen LogP contribution in [0, 0.1) is 10.8 Å². The van der Waals surface area contributed by atoms with Gasteiger partial charge in [-0.15, -0.1) is 0 Å². The normalized spacial score (nSPS) is 12.5. The van der Waals surface area contributed by atoms with E-state index in [9.17, 15) is 4.79 Å². The Morgan fingerprint density at radius 1 is 1.05 bits per heavy atom. The lowest BCUT2D eigenvalue weighted by atomic mass is 9.88. The average Bonchev–Trinajstić information content (AvgIpc) is 2.42. The van der Waals surface area contributed by atoms with Crippen LogP contribution in [0.25, 0.3) is 0 Å². The minimum absolute atomic E-state index is 0.0445. The molecule has 0 unspecified atom stereocenters. The molecule has 0 spiro atoms. The molecule has 22 heavy (non-hydrogen) atoms. The van der Waals surface area contributed by atoms with Crippen LogP contribution in [-0.2, 0) is 14.3 Å². The van der Waals surface area contributed by atoms with Crippen molar-refractivity contribution in [2.24, 2.45) is 16.6 Å². The average molecular weight is 316 g/mol. The summed E-state index contributed by atoms with van der Waals surface area (Å²) in [6.07, 6.45) is 3.00. The van der Waals surface area contributed by atoms with Crippen LogP contribution in [0.1, 0.15) is 53.9 Å². The molecule has 0 saturated heterocycles. The Kier molecular flexibility index (Phi) is 10.6. The first-order valence-electron chi connectivity index (χ1n) is 8.35. The fourth-order valence-corrected chi connectivity index (χ4v) is 2.11. The number of hydrogen-bond donors (Lipinski definition) is 2.